The summed E-state index contributed by atoms with van der Waals surface area (Å²) in [6, 6.07) is 6.78. The summed E-state index contributed by atoms with van der Waals surface area (Å²) in [5.41, 5.74) is 0.557. The molecule has 120 valence electrons. The minimum absolute atomic E-state index is 0.159. The molecule has 1 aliphatic heterocycles. The van der Waals surface area contributed by atoms with Gasteiger partial charge in [-0.15, -0.1) is 0 Å². The minimum Gasteiger partial charge on any atom is -0.324 e. The summed E-state index contributed by atoms with van der Waals surface area (Å²) >= 11 is 5.88. The summed E-state index contributed by atoms with van der Waals surface area (Å²) in [6.07, 6.45) is 3.07. The van der Waals surface area contributed by atoms with Crippen molar-refractivity contribution in [1.29, 1.82) is 0 Å². The van der Waals surface area contributed by atoms with Crippen molar-refractivity contribution >= 4 is 35.0 Å². The predicted octanol–water partition coefficient (Wildman–Crippen LogP) is 2.31. The number of amides is 3. The maximum absolute atomic E-state index is 12.5. The van der Waals surface area contributed by atoms with Crippen molar-refractivity contribution in [2.75, 3.05) is 11.9 Å². The molecule has 0 unspecified atom stereocenters. The highest BCUT2D eigenvalue weighted by Gasteiger charge is 2.60. The summed E-state index contributed by atoms with van der Waals surface area (Å²) in [5, 5.41) is 3.20. The van der Waals surface area contributed by atoms with Crippen LogP contribution in [-0.2, 0) is 14.4 Å². The van der Waals surface area contributed by atoms with Crippen LogP contribution in [0.15, 0.2) is 24.3 Å². The second kappa shape index (κ2) is 5.34. The van der Waals surface area contributed by atoms with Crippen LogP contribution in [-0.4, -0.2) is 29.2 Å². The van der Waals surface area contributed by atoms with E-state index in [2.05, 4.69) is 5.32 Å². The lowest BCUT2D eigenvalue weighted by Gasteiger charge is -2.19. The number of benzene rings is 1. The fourth-order valence-electron chi connectivity index (χ4n) is 4.54. The van der Waals surface area contributed by atoms with E-state index in [-0.39, 0.29) is 36.1 Å². The van der Waals surface area contributed by atoms with Crippen LogP contribution >= 0.6 is 11.6 Å². The number of likely N-dealkylation sites (tertiary alicyclic amines) is 1. The molecule has 1 aromatic carbocycles. The first-order valence-electron chi connectivity index (χ1n) is 7.95. The maximum Gasteiger partial charge on any atom is 0.244 e. The van der Waals surface area contributed by atoms with E-state index in [9.17, 15) is 14.4 Å². The highest BCUT2D eigenvalue weighted by Crippen LogP contribution is 2.56. The first-order valence-corrected chi connectivity index (χ1v) is 8.33. The van der Waals surface area contributed by atoms with Crippen LogP contribution < -0.4 is 5.32 Å². The highest BCUT2D eigenvalue weighted by atomic mass is 35.5. The van der Waals surface area contributed by atoms with Crippen LogP contribution in [0.25, 0.3) is 0 Å². The van der Waals surface area contributed by atoms with E-state index in [0.29, 0.717) is 22.5 Å². The molecule has 0 radical (unpaired) electrons. The lowest BCUT2D eigenvalue weighted by atomic mass is 9.81. The van der Waals surface area contributed by atoms with Gasteiger partial charge < -0.3 is 5.32 Å². The van der Waals surface area contributed by atoms with Gasteiger partial charge in [0.15, 0.2) is 0 Å². The second-order valence-corrected chi connectivity index (χ2v) is 7.14. The van der Waals surface area contributed by atoms with E-state index in [1.165, 1.54) is 0 Å². The molecule has 4 atom stereocenters. The third-order valence-electron chi connectivity index (χ3n) is 5.43. The zero-order valence-corrected chi connectivity index (χ0v) is 13.3. The first kappa shape index (κ1) is 14.7. The van der Waals surface area contributed by atoms with E-state index >= 15 is 0 Å². The Morgan fingerprint density at radius 1 is 1.17 bits per heavy atom. The molecular weight excluding hydrogens is 316 g/mol. The zero-order valence-electron chi connectivity index (χ0n) is 12.5. The quantitative estimate of drug-likeness (QED) is 0.864. The lowest BCUT2D eigenvalue weighted by Crippen LogP contribution is -2.39. The number of nitrogens with one attached hydrogen (secondary N) is 1. The Bertz CT molecular complexity index is 677. The van der Waals surface area contributed by atoms with Gasteiger partial charge in [-0.3, -0.25) is 19.3 Å². The van der Waals surface area contributed by atoms with Crippen molar-refractivity contribution in [3.8, 4) is 0 Å². The molecule has 2 bridgehead atoms. The van der Waals surface area contributed by atoms with E-state index in [0.717, 1.165) is 24.2 Å². The molecule has 3 fully saturated rings. The normalized spacial score (nSPS) is 31.6. The third-order valence-corrected chi connectivity index (χ3v) is 5.66. The Labute approximate surface area is 139 Å². The molecule has 4 rings (SSSR count). The number of fused-ring (bicyclic) bond motifs is 5. The number of halogens is 1. The number of rotatable bonds is 3. The van der Waals surface area contributed by atoms with Crippen molar-refractivity contribution < 1.29 is 14.4 Å². The Balaban J connectivity index is 1.46. The van der Waals surface area contributed by atoms with Gasteiger partial charge >= 0.3 is 0 Å². The lowest BCUT2D eigenvalue weighted by molar-refractivity contribution is -0.143. The van der Waals surface area contributed by atoms with E-state index in [4.69, 9.17) is 11.6 Å². The fraction of sp³-hybridized carbons (Fsp3) is 0.471. The molecule has 0 spiro atoms. The van der Waals surface area contributed by atoms with E-state index in [1.807, 2.05) is 0 Å². The molecule has 1 aromatic rings. The van der Waals surface area contributed by atoms with Crippen LogP contribution in [0.2, 0.25) is 5.02 Å². The molecule has 3 aliphatic rings. The highest BCUT2D eigenvalue weighted by molar-refractivity contribution is 6.30. The van der Waals surface area contributed by atoms with Gasteiger partial charge in [0.1, 0.15) is 6.54 Å². The predicted molar refractivity (Wildman–Crippen MR) is 84.6 cm³/mol. The Morgan fingerprint density at radius 2 is 1.83 bits per heavy atom. The van der Waals surface area contributed by atoms with Gasteiger partial charge in [-0.05, 0) is 49.3 Å². The monoisotopic (exact) mass is 332 g/mol. The standard InChI is InChI=1S/C17H17ClN2O3/c18-11-2-1-3-12(7-11)19-13(21)8-20-16(22)14-9-4-5-10(6-9)15(14)17(20)23/h1-3,7,9-10,14-15H,4-6,8H2,(H,19,21)/t9-,10-,14-,15+/m0/s1. The van der Waals surface area contributed by atoms with Crippen molar-refractivity contribution in [3.63, 3.8) is 0 Å². The number of anilines is 1. The van der Waals surface area contributed by atoms with Gasteiger partial charge in [0.05, 0.1) is 11.8 Å². The molecule has 3 amide bonds. The summed E-state index contributed by atoms with van der Waals surface area (Å²) in [4.78, 5) is 38.4. The van der Waals surface area contributed by atoms with Crippen molar-refractivity contribution in [1.82, 2.24) is 4.90 Å². The molecule has 1 N–H and O–H groups in total. The molecule has 5 nitrogen and oxygen atoms in total. The van der Waals surface area contributed by atoms with Gasteiger partial charge in [-0.25, -0.2) is 0 Å². The summed E-state index contributed by atoms with van der Waals surface area (Å²) in [5.74, 6) is -0.381. The number of hydrogen-bond acceptors (Lipinski definition) is 3. The topological polar surface area (TPSA) is 66.5 Å². The SMILES string of the molecule is O=C(CN1C(=O)[C@@H]2[C@H]3CC[C@@H](C3)[C@@H]2C1=O)Nc1cccc(Cl)c1. The third kappa shape index (κ3) is 2.34. The second-order valence-electron chi connectivity index (χ2n) is 6.71. The van der Waals surface area contributed by atoms with Crippen LogP contribution in [0.3, 0.4) is 0 Å². The molecule has 2 saturated carbocycles. The van der Waals surface area contributed by atoms with Crippen molar-refractivity contribution in [3.05, 3.63) is 29.3 Å². The number of carbonyl (C=O) groups is 3. The average molecular weight is 333 g/mol. The number of hydrogen-bond donors (Lipinski definition) is 1. The fourth-order valence-corrected chi connectivity index (χ4v) is 4.73. The van der Waals surface area contributed by atoms with Crippen LogP contribution in [0, 0.1) is 23.7 Å². The summed E-state index contributed by atoms with van der Waals surface area (Å²) in [6.45, 7) is -0.212. The number of nitrogens with zero attached hydrogens (tertiary/aromatic N) is 1. The van der Waals surface area contributed by atoms with Crippen molar-refractivity contribution in [2.45, 2.75) is 19.3 Å². The minimum atomic E-state index is -0.374. The Morgan fingerprint density at radius 3 is 2.43 bits per heavy atom. The van der Waals surface area contributed by atoms with Crippen LogP contribution in [0.1, 0.15) is 19.3 Å². The molecule has 6 heteroatoms. The molecule has 1 heterocycles. The zero-order chi connectivity index (χ0) is 16.1. The molecular formula is C17H17ClN2O3. The van der Waals surface area contributed by atoms with Gasteiger partial charge in [-0.1, -0.05) is 17.7 Å². The molecule has 23 heavy (non-hydrogen) atoms. The average Bonchev–Trinajstić information content (AvgIpc) is 3.17. The van der Waals surface area contributed by atoms with E-state index < -0.39 is 0 Å². The van der Waals surface area contributed by atoms with E-state index in [1.54, 1.807) is 24.3 Å². The van der Waals surface area contributed by atoms with Crippen LogP contribution in [0.4, 0.5) is 5.69 Å². The molecule has 1 saturated heterocycles. The van der Waals surface area contributed by atoms with Gasteiger partial charge in [0, 0.05) is 10.7 Å². The molecule has 2 aliphatic carbocycles. The number of imide groups is 1. The van der Waals surface area contributed by atoms with Gasteiger partial charge in [0.25, 0.3) is 0 Å². The number of carbonyl (C=O) groups excluding carboxylic acids is 3. The smallest absolute Gasteiger partial charge is 0.244 e. The Hall–Kier alpha value is -1.88. The molecule has 0 aromatic heterocycles. The summed E-state index contributed by atoms with van der Waals surface area (Å²) in [7, 11) is 0. The summed E-state index contributed by atoms with van der Waals surface area (Å²) < 4.78 is 0. The van der Waals surface area contributed by atoms with Gasteiger partial charge in [-0.2, -0.15) is 0 Å². The maximum atomic E-state index is 12.5. The first-order chi connectivity index (χ1) is 11.0. The largest absolute Gasteiger partial charge is 0.324 e. The van der Waals surface area contributed by atoms with Crippen LogP contribution in [0.5, 0.6) is 0 Å². The van der Waals surface area contributed by atoms with Gasteiger partial charge in [0.2, 0.25) is 17.7 Å². The Kier molecular flexibility index (Phi) is 3.41. The van der Waals surface area contributed by atoms with Crippen molar-refractivity contribution in [2.24, 2.45) is 23.7 Å².